The largest absolute Gasteiger partial charge is 0.371 e. The van der Waals surface area contributed by atoms with Crippen LogP contribution in [0.25, 0.3) is 0 Å². The molecule has 32 heavy (non-hydrogen) atoms. The molecule has 1 aliphatic rings. The number of halogens is 2. The zero-order valence-corrected chi connectivity index (χ0v) is 21.7. The number of nitrogens with one attached hydrogen (secondary N) is 2. The normalized spacial score (nSPS) is 15.2. The van der Waals surface area contributed by atoms with E-state index in [0.29, 0.717) is 17.5 Å². The van der Waals surface area contributed by atoms with E-state index in [4.69, 9.17) is 0 Å². The van der Waals surface area contributed by atoms with Crippen LogP contribution < -0.4 is 15.5 Å². The summed E-state index contributed by atoms with van der Waals surface area (Å²) in [6, 6.07) is 14.0. The van der Waals surface area contributed by atoms with Gasteiger partial charge < -0.3 is 15.5 Å². The number of benzene rings is 2. The van der Waals surface area contributed by atoms with Gasteiger partial charge in [-0.2, -0.15) is 0 Å². The Bertz CT molecular complexity index is 991. The van der Waals surface area contributed by atoms with Gasteiger partial charge in [-0.05, 0) is 62.1 Å². The zero-order valence-electron chi connectivity index (χ0n) is 18.6. The second kappa shape index (κ2) is 12.4. The Morgan fingerprint density at radius 2 is 1.84 bits per heavy atom. The number of hydrogen-bond acceptors (Lipinski definition) is 4. The molecule has 0 aliphatic carbocycles. The van der Waals surface area contributed by atoms with Crippen molar-refractivity contribution in [2.45, 2.75) is 37.1 Å². The average molecular weight is 575 g/mol. The number of guanidine groups is 1. The molecule has 0 unspecified atom stereocenters. The standard InChI is InChI=1S/C23H31FN4O2S.HI/c1-3-25-23(26-14-11-18-7-9-22(10-8-18)31(2,29)30)27-20-12-15-28(16-13-20)21-6-4-5-19(24)17-21;/h4-10,17,20H,3,11-16H2,1-2H3,(H2,25,26,27);1H. The number of anilines is 1. The molecule has 1 fully saturated rings. The summed E-state index contributed by atoms with van der Waals surface area (Å²) in [7, 11) is -3.17. The fraction of sp³-hybridized carbons (Fsp3) is 0.435. The second-order valence-electron chi connectivity index (χ2n) is 7.81. The molecule has 0 bridgehead atoms. The van der Waals surface area contributed by atoms with Gasteiger partial charge in [0.1, 0.15) is 5.82 Å². The second-order valence-corrected chi connectivity index (χ2v) is 9.83. The SMILES string of the molecule is CCNC(=NCCc1ccc(S(C)(=O)=O)cc1)NC1CCN(c2cccc(F)c2)CC1.I. The van der Waals surface area contributed by atoms with Crippen LogP contribution in [0.15, 0.2) is 58.4 Å². The summed E-state index contributed by atoms with van der Waals surface area (Å²) < 4.78 is 36.6. The van der Waals surface area contributed by atoms with E-state index in [9.17, 15) is 12.8 Å². The smallest absolute Gasteiger partial charge is 0.191 e. The lowest BCUT2D eigenvalue weighted by atomic mass is 10.0. The van der Waals surface area contributed by atoms with Crippen molar-refractivity contribution < 1.29 is 12.8 Å². The van der Waals surface area contributed by atoms with Gasteiger partial charge in [0, 0.05) is 44.2 Å². The molecule has 1 saturated heterocycles. The summed E-state index contributed by atoms with van der Waals surface area (Å²) in [6.45, 7) is 5.15. The molecular weight excluding hydrogens is 542 g/mol. The molecule has 2 aromatic rings. The fourth-order valence-corrected chi connectivity index (χ4v) is 4.30. The van der Waals surface area contributed by atoms with Crippen molar-refractivity contribution in [3.63, 3.8) is 0 Å². The number of hydrogen-bond donors (Lipinski definition) is 2. The summed E-state index contributed by atoms with van der Waals surface area (Å²) in [6.07, 6.45) is 3.85. The third kappa shape index (κ3) is 7.91. The quantitative estimate of drug-likeness (QED) is 0.301. The Morgan fingerprint density at radius 3 is 2.44 bits per heavy atom. The summed E-state index contributed by atoms with van der Waals surface area (Å²) in [4.78, 5) is 7.22. The molecule has 0 amide bonds. The number of sulfone groups is 1. The molecule has 9 heteroatoms. The number of aliphatic imine (C=N–C) groups is 1. The van der Waals surface area contributed by atoms with Crippen LogP contribution >= 0.6 is 24.0 Å². The molecule has 2 aromatic carbocycles. The Hall–Kier alpha value is -1.88. The van der Waals surface area contributed by atoms with Crippen LogP contribution in [0.1, 0.15) is 25.3 Å². The fourth-order valence-electron chi connectivity index (χ4n) is 3.67. The Kier molecular flexibility index (Phi) is 10.2. The Labute approximate surface area is 207 Å². The molecule has 0 aromatic heterocycles. The van der Waals surface area contributed by atoms with E-state index < -0.39 is 9.84 Å². The maximum atomic E-state index is 13.5. The van der Waals surface area contributed by atoms with Crippen LogP contribution in [0.4, 0.5) is 10.1 Å². The first-order valence-electron chi connectivity index (χ1n) is 10.7. The van der Waals surface area contributed by atoms with Crippen molar-refractivity contribution in [2.24, 2.45) is 4.99 Å². The van der Waals surface area contributed by atoms with Crippen molar-refractivity contribution in [3.8, 4) is 0 Å². The molecule has 1 heterocycles. The van der Waals surface area contributed by atoms with Crippen molar-refractivity contribution >= 4 is 45.5 Å². The van der Waals surface area contributed by atoms with Gasteiger partial charge in [-0.3, -0.25) is 4.99 Å². The van der Waals surface area contributed by atoms with E-state index in [2.05, 4.69) is 20.5 Å². The van der Waals surface area contributed by atoms with Crippen molar-refractivity contribution in [1.29, 1.82) is 0 Å². The third-order valence-electron chi connectivity index (χ3n) is 5.38. The highest BCUT2D eigenvalue weighted by molar-refractivity contribution is 14.0. The number of piperidine rings is 1. The van der Waals surface area contributed by atoms with Gasteiger partial charge >= 0.3 is 0 Å². The van der Waals surface area contributed by atoms with Crippen LogP contribution in [-0.4, -0.2) is 52.9 Å². The number of rotatable bonds is 7. The first-order chi connectivity index (χ1) is 14.8. The maximum absolute atomic E-state index is 13.5. The van der Waals surface area contributed by atoms with E-state index in [0.717, 1.165) is 56.1 Å². The molecule has 2 N–H and O–H groups in total. The van der Waals surface area contributed by atoms with Gasteiger partial charge in [-0.15, -0.1) is 24.0 Å². The predicted molar refractivity (Wildman–Crippen MR) is 139 cm³/mol. The molecule has 0 radical (unpaired) electrons. The molecular formula is C23H32FIN4O2S. The van der Waals surface area contributed by atoms with Gasteiger partial charge in [-0.25, -0.2) is 12.8 Å². The monoisotopic (exact) mass is 574 g/mol. The lowest BCUT2D eigenvalue weighted by molar-refractivity contribution is 0.461. The molecule has 0 saturated carbocycles. The minimum Gasteiger partial charge on any atom is -0.371 e. The summed E-state index contributed by atoms with van der Waals surface area (Å²) in [5.74, 6) is 0.588. The highest BCUT2D eigenvalue weighted by Gasteiger charge is 2.20. The van der Waals surface area contributed by atoms with Crippen molar-refractivity contribution in [1.82, 2.24) is 10.6 Å². The minimum absolute atomic E-state index is 0. The summed E-state index contributed by atoms with van der Waals surface area (Å²) >= 11 is 0. The van der Waals surface area contributed by atoms with E-state index in [1.54, 1.807) is 24.3 Å². The molecule has 6 nitrogen and oxygen atoms in total. The first-order valence-corrected chi connectivity index (χ1v) is 12.6. The summed E-state index contributed by atoms with van der Waals surface area (Å²) in [5.41, 5.74) is 1.98. The van der Waals surface area contributed by atoms with Gasteiger partial charge in [0.15, 0.2) is 15.8 Å². The molecule has 3 rings (SSSR count). The summed E-state index contributed by atoms with van der Waals surface area (Å²) in [5, 5.41) is 6.81. The van der Waals surface area contributed by atoms with Crippen LogP contribution in [0, 0.1) is 5.82 Å². The van der Waals surface area contributed by atoms with E-state index >= 15 is 0 Å². The van der Waals surface area contributed by atoms with Crippen LogP contribution in [-0.2, 0) is 16.3 Å². The average Bonchev–Trinajstić information content (AvgIpc) is 2.74. The van der Waals surface area contributed by atoms with Crippen LogP contribution in [0.2, 0.25) is 0 Å². The van der Waals surface area contributed by atoms with E-state index in [1.165, 1.54) is 12.3 Å². The van der Waals surface area contributed by atoms with Crippen molar-refractivity contribution in [3.05, 3.63) is 59.9 Å². The lowest BCUT2D eigenvalue weighted by Crippen LogP contribution is -2.48. The Balaban J connectivity index is 0.00000363. The highest BCUT2D eigenvalue weighted by atomic mass is 127. The maximum Gasteiger partial charge on any atom is 0.191 e. The minimum atomic E-state index is -3.17. The number of nitrogens with zero attached hydrogens (tertiary/aromatic N) is 2. The molecule has 0 spiro atoms. The lowest BCUT2D eigenvalue weighted by Gasteiger charge is -2.34. The molecule has 1 aliphatic heterocycles. The van der Waals surface area contributed by atoms with Gasteiger partial charge in [0.25, 0.3) is 0 Å². The predicted octanol–water partition coefficient (Wildman–Crippen LogP) is 3.61. The van der Waals surface area contributed by atoms with Gasteiger partial charge in [0.05, 0.1) is 4.90 Å². The Morgan fingerprint density at radius 1 is 1.16 bits per heavy atom. The topological polar surface area (TPSA) is 73.8 Å². The van der Waals surface area contributed by atoms with Gasteiger partial charge in [-0.1, -0.05) is 18.2 Å². The van der Waals surface area contributed by atoms with E-state index in [-0.39, 0.29) is 29.8 Å². The van der Waals surface area contributed by atoms with Gasteiger partial charge in [0.2, 0.25) is 0 Å². The van der Waals surface area contributed by atoms with E-state index in [1.807, 2.05) is 25.1 Å². The van der Waals surface area contributed by atoms with Crippen molar-refractivity contribution in [2.75, 3.05) is 37.3 Å². The third-order valence-corrected chi connectivity index (χ3v) is 6.50. The highest BCUT2D eigenvalue weighted by Crippen LogP contribution is 2.20. The molecule has 176 valence electrons. The van der Waals surface area contributed by atoms with Crippen LogP contribution in [0.3, 0.4) is 0 Å². The van der Waals surface area contributed by atoms with Crippen LogP contribution in [0.5, 0.6) is 0 Å². The first kappa shape index (κ1) is 26.4. The molecule has 0 atom stereocenters. The zero-order chi connectivity index (χ0) is 22.3.